The van der Waals surface area contributed by atoms with E-state index in [1.165, 1.54) is 0 Å². The summed E-state index contributed by atoms with van der Waals surface area (Å²) in [7, 11) is 0. The lowest BCUT2D eigenvalue weighted by Gasteiger charge is -2.14. The number of carbonyl (C=O) groups excluding carboxylic acids is 1. The fourth-order valence-electron chi connectivity index (χ4n) is 3.00. The molecule has 26 heavy (non-hydrogen) atoms. The van der Waals surface area contributed by atoms with Crippen molar-refractivity contribution in [3.63, 3.8) is 0 Å². The molecule has 136 valence electrons. The van der Waals surface area contributed by atoms with E-state index in [0.717, 1.165) is 24.1 Å². The molecular formula is C19H21ClN4O2. The highest BCUT2D eigenvalue weighted by molar-refractivity contribution is 6.06. The maximum absolute atomic E-state index is 12.8. The van der Waals surface area contributed by atoms with Crippen LogP contribution in [0.15, 0.2) is 40.9 Å². The van der Waals surface area contributed by atoms with Gasteiger partial charge in [-0.25, -0.2) is 4.98 Å². The second-order valence-corrected chi connectivity index (χ2v) is 6.54. The Morgan fingerprint density at radius 3 is 2.77 bits per heavy atom. The number of fused-ring (bicyclic) bond motifs is 1. The van der Waals surface area contributed by atoms with Crippen molar-refractivity contribution >= 4 is 29.4 Å². The Labute approximate surface area is 157 Å². The number of carbonyl (C=O) groups is 1. The molecule has 1 unspecified atom stereocenters. The Morgan fingerprint density at radius 1 is 1.35 bits per heavy atom. The minimum atomic E-state index is -0.256. The number of nitrogens with zero attached hydrogens (tertiary/aromatic N) is 2. The summed E-state index contributed by atoms with van der Waals surface area (Å²) in [6.45, 7) is 2.17. The van der Waals surface area contributed by atoms with Gasteiger partial charge in [0.05, 0.1) is 16.6 Å². The van der Waals surface area contributed by atoms with Crippen molar-refractivity contribution in [2.75, 3.05) is 6.54 Å². The second-order valence-electron chi connectivity index (χ2n) is 6.54. The van der Waals surface area contributed by atoms with Crippen molar-refractivity contribution in [2.24, 2.45) is 5.73 Å². The minimum absolute atomic E-state index is 0. The molecule has 1 atom stereocenters. The van der Waals surface area contributed by atoms with Crippen LogP contribution in [0.3, 0.4) is 0 Å². The van der Waals surface area contributed by atoms with Crippen LogP contribution in [0.5, 0.6) is 0 Å². The largest absolute Gasteiger partial charge is 0.350 e. The Bertz CT molecular complexity index is 922. The zero-order valence-corrected chi connectivity index (χ0v) is 15.3. The van der Waals surface area contributed by atoms with E-state index in [1.807, 2.05) is 43.3 Å². The van der Waals surface area contributed by atoms with Crippen LogP contribution in [0, 0.1) is 6.92 Å². The van der Waals surface area contributed by atoms with Gasteiger partial charge >= 0.3 is 0 Å². The lowest BCUT2D eigenvalue weighted by atomic mass is 10.1. The normalized spacial score (nSPS) is 14.7. The Kier molecular flexibility index (Phi) is 5.25. The number of hydrogen-bond acceptors (Lipinski definition) is 5. The lowest BCUT2D eigenvalue weighted by Crippen LogP contribution is -2.32. The zero-order chi connectivity index (χ0) is 17.4. The van der Waals surface area contributed by atoms with Crippen LogP contribution in [-0.4, -0.2) is 22.6 Å². The van der Waals surface area contributed by atoms with Gasteiger partial charge < -0.3 is 15.6 Å². The van der Waals surface area contributed by atoms with Crippen LogP contribution in [0.25, 0.3) is 11.1 Å². The molecule has 7 heteroatoms. The van der Waals surface area contributed by atoms with Crippen LogP contribution in [0.1, 0.15) is 52.1 Å². The second kappa shape index (κ2) is 7.43. The summed E-state index contributed by atoms with van der Waals surface area (Å²) in [5.41, 5.74) is 9.73. The van der Waals surface area contributed by atoms with Crippen LogP contribution < -0.4 is 11.1 Å². The molecule has 2 heterocycles. The fourth-order valence-corrected chi connectivity index (χ4v) is 3.00. The maximum atomic E-state index is 12.8. The zero-order valence-electron chi connectivity index (χ0n) is 14.4. The number of amides is 1. The monoisotopic (exact) mass is 372 g/mol. The topological polar surface area (TPSA) is 94.0 Å². The van der Waals surface area contributed by atoms with Crippen molar-refractivity contribution in [3.05, 3.63) is 58.9 Å². The van der Waals surface area contributed by atoms with Crippen molar-refractivity contribution in [2.45, 2.75) is 31.7 Å². The molecule has 0 spiro atoms. The summed E-state index contributed by atoms with van der Waals surface area (Å²) in [6.07, 6.45) is 2.21. The predicted molar refractivity (Wildman–Crippen MR) is 101 cm³/mol. The third-order valence-corrected chi connectivity index (χ3v) is 4.59. The van der Waals surface area contributed by atoms with E-state index >= 15 is 0 Å². The average molecular weight is 373 g/mol. The van der Waals surface area contributed by atoms with Gasteiger partial charge in [-0.15, -0.1) is 12.4 Å². The van der Waals surface area contributed by atoms with Gasteiger partial charge in [0.1, 0.15) is 0 Å². The SMILES string of the molecule is Cc1noc2nc(C3CC3)cc(C(=O)NCC(N)c3ccccc3)c12.Cl. The van der Waals surface area contributed by atoms with Gasteiger partial charge in [-0.1, -0.05) is 35.5 Å². The first-order chi connectivity index (χ1) is 12.1. The van der Waals surface area contributed by atoms with Crippen molar-refractivity contribution in [1.29, 1.82) is 0 Å². The third kappa shape index (κ3) is 3.57. The van der Waals surface area contributed by atoms with E-state index < -0.39 is 0 Å². The van der Waals surface area contributed by atoms with Crippen molar-refractivity contribution in [3.8, 4) is 0 Å². The molecule has 3 N–H and O–H groups in total. The molecule has 0 radical (unpaired) electrons. The molecule has 1 amide bonds. The van der Waals surface area contributed by atoms with E-state index in [0.29, 0.717) is 34.8 Å². The molecule has 1 aromatic carbocycles. The summed E-state index contributed by atoms with van der Waals surface area (Å²) in [4.78, 5) is 17.3. The summed E-state index contributed by atoms with van der Waals surface area (Å²) in [5, 5.41) is 7.57. The van der Waals surface area contributed by atoms with Gasteiger partial charge in [0.2, 0.25) is 0 Å². The predicted octanol–water partition coefficient (Wildman–Crippen LogP) is 3.26. The first-order valence-corrected chi connectivity index (χ1v) is 8.49. The van der Waals surface area contributed by atoms with Gasteiger partial charge in [-0.05, 0) is 31.4 Å². The molecule has 0 aliphatic heterocycles. The Morgan fingerprint density at radius 2 is 2.08 bits per heavy atom. The van der Waals surface area contributed by atoms with Crippen molar-refractivity contribution < 1.29 is 9.32 Å². The van der Waals surface area contributed by atoms with Gasteiger partial charge in [-0.2, -0.15) is 0 Å². The quantitative estimate of drug-likeness (QED) is 0.716. The number of pyridine rings is 1. The van der Waals surface area contributed by atoms with E-state index in [9.17, 15) is 4.79 Å². The maximum Gasteiger partial charge on any atom is 0.259 e. The van der Waals surface area contributed by atoms with Gasteiger partial charge in [0, 0.05) is 24.2 Å². The summed E-state index contributed by atoms with van der Waals surface area (Å²) in [6, 6.07) is 11.3. The highest BCUT2D eigenvalue weighted by Crippen LogP contribution is 2.40. The van der Waals surface area contributed by atoms with E-state index in [-0.39, 0.29) is 24.4 Å². The molecular weight excluding hydrogens is 352 g/mol. The number of aromatic nitrogens is 2. The van der Waals surface area contributed by atoms with Gasteiger partial charge in [0.15, 0.2) is 0 Å². The molecule has 4 rings (SSSR count). The lowest BCUT2D eigenvalue weighted by molar-refractivity contribution is 0.0952. The van der Waals surface area contributed by atoms with Crippen molar-refractivity contribution in [1.82, 2.24) is 15.5 Å². The van der Waals surface area contributed by atoms with Crippen LogP contribution in [-0.2, 0) is 0 Å². The minimum Gasteiger partial charge on any atom is -0.350 e. The fraction of sp³-hybridized carbons (Fsp3) is 0.316. The van der Waals surface area contributed by atoms with Gasteiger partial charge in [-0.3, -0.25) is 4.79 Å². The van der Waals surface area contributed by atoms with Crippen LogP contribution >= 0.6 is 12.4 Å². The highest BCUT2D eigenvalue weighted by Gasteiger charge is 2.28. The molecule has 1 aliphatic rings. The first-order valence-electron chi connectivity index (χ1n) is 8.49. The molecule has 1 fully saturated rings. The number of halogens is 1. The summed E-state index contributed by atoms with van der Waals surface area (Å²) < 4.78 is 5.29. The number of aryl methyl sites for hydroxylation is 1. The standard InChI is InChI=1S/C19H20N4O2.ClH/c1-11-17-14(9-16(13-7-8-13)22-19(17)25-23-11)18(24)21-10-15(20)12-5-3-2-4-6-12;/h2-6,9,13,15H,7-8,10,20H2,1H3,(H,21,24);1H. The average Bonchev–Trinajstić information content (AvgIpc) is 3.43. The number of benzene rings is 1. The Hall–Kier alpha value is -2.44. The van der Waals surface area contributed by atoms with Crippen LogP contribution in [0.4, 0.5) is 0 Å². The summed E-state index contributed by atoms with van der Waals surface area (Å²) >= 11 is 0. The molecule has 3 aromatic rings. The summed E-state index contributed by atoms with van der Waals surface area (Å²) in [5.74, 6) is 0.250. The molecule has 1 aliphatic carbocycles. The number of hydrogen-bond donors (Lipinski definition) is 2. The molecule has 0 bridgehead atoms. The molecule has 1 saturated carbocycles. The molecule has 6 nitrogen and oxygen atoms in total. The Balaban J connectivity index is 0.00000196. The first kappa shape index (κ1) is 18.4. The molecule has 2 aromatic heterocycles. The van der Waals surface area contributed by atoms with E-state index in [1.54, 1.807) is 0 Å². The molecule has 0 saturated heterocycles. The smallest absolute Gasteiger partial charge is 0.259 e. The number of nitrogens with one attached hydrogen (secondary N) is 1. The van der Waals surface area contributed by atoms with E-state index in [2.05, 4.69) is 15.5 Å². The number of rotatable bonds is 5. The van der Waals surface area contributed by atoms with Crippen LogP contribution in [0.2, 0.25) is 0 Å². The number of nitrogens with two attached hydrogens (primary N) is 1. The van der Waals surface area contributed by atoms with E-state index in [4.69, 9.17) is 10.3 Å². The van der Waals surface area contributed by atoms with Gasteiger partial charge in [0.25, 0.3) is 11.6 Å². The third-order valence-electron chi connectivity index (χ3n) is 4.59. The highest BCUT2D eigenvalue weighted by atomic mass is 35.5.